The van der Waals surface area contributed by atoms with Crippen molar-refractivity contribution in [3.05, 3.63) is 84.4 Å². The quantitative estimate of drug-likeness (QED) is 0.501. The maximum absolute atomic E-state index is 13.2. The minimum Gasteiger partial charge on any atom is -0.497 e. The molecule has 0 saturated carbocycles. The smallest absolute Gasteiger partial charge is 0.256 e. The van der Waals surface area contributed by atoms with Crippen LogP contribution in [0.3, 0.4) is 0 Å². The highest BCUT2D eigenvalue weighted by Crippen LogP contribution is 2.27. The third-order valence-electron chi connectivity index (χ3n) is 4.99. The first-order valence-corrected chi connectivity index (χ1v) is 9.68. The highest BCUT2D eigenvalue weighted by Gasteiger charge is 2.14. The Morgan fingerprint density at radius 2 is 1.63 bits per heavy atom. The Bertz CT molecular complexity index is 1180. The second-order valence-corrected chi connectivity index (χ2v) is 7.20. The fraction of sp³-hybridized carbons (Fsp3) is 0.120. The number of pyridine rings is 1. The van der Waals surface area contributed by atoms with E-state index in [1.807, 2.05) is 97.9 Å². The van der Waals surface area contributed by atoms with Crippen molar-refractivity contribution in [2.75, 3.05) is 31.4 Å². The van der Waals surface area contributed by atoms with Gasteiger partial charge in [0, 0.05) is 36.4 Å². The van der Waals surface area contributed by atoms with Gasteiger partial charge in [-0.25, -0.2) is 4.98 Å². The summed E-state index contributed by atoms with van der Waals surface area (Å²) in [6.07, 6.45) is 0. The maximum atomic E-state index is 13.2. The van der Waals surface area contributed by atoms with Crippen molar-refractivity contribution in [1.29, 1.82) is 0 Å². The van der Waals surface area contributed by atoms with Gasteiger partial charge in [0.2, 0.25) is 0 Å². The third-order valence-corrected chi connectivity index (χ3v) is 4.99. The zero-order valence-corrected chi connectivity index (χ0v) is 17.2. The average molecular weight is 397 g/mol. The van der Waals surface area contributed by atoms with Crippen LogP contribution in [0.15, 0.2) is 78.9 Å². The number of nitrogens with zero attached hydrogens (tertiary/aromatic N) is 2. The summed E-state index contributed by atoms with van der Waals surface area (Å²) in [4.78, 5) is 19.9. The molecule has 0 saturated heterocycles. The van der Waals surface area contributed by atoms with Gasteiger partial charge >= 0.3 is 0 Å². The summed E-state index contributed by atoms with van der Waals surface area (Å²) >= 11 is 0. The number of amides is 1. The molecule has 3 aromatic carbocycles. The first-order chi connectivity index (χ1) is 14.5. The summed E-state index contributed by atoms with van der Waals surface area (Å²) in [7, 11) is 5.60. The number of carbonyl (C=O) groups is 1. The van der Waals surface area contributed by atoms with Crippen LogP contribution in [0.25, 0.3) is 22.2 Å². The van der Waals surface area contributed by atoms with Crippen LogP contribution in [0.2, 0.25) is 0 Å². The monoisotopic (exact) mass is 397 g/mol. The molecule has 1 aromatic heterocycles. The van der Waals surface area contributed by atoms with Gasteiger partial charge in [-0.1, -0.05) is 18.2 Å². The van der Waals surface area contributed by atoms with Crippen LogP contribution >= 0.6 is 0 Å². The Morgan fingerprint density at radius 3 is 2.30 bits per heavy atom. The predicted octanol–water partition coefficient (Wildman–Crippen LogP) is 5.23. The Kier molecular flexibility index (Phi) is 5.35. The molecule has 0 atom stereocenters. The van der Waals surface area contributed by atoms with E-state index in [1.54, 1.807) is 7.11 Å². The van der Waals surface area contributed by atoms with Gasteiger partial charge in [-0.05, 0) is 60.7 Å². The molecule has 0 bridgehead atoms. The van der Waals surface area contributed by atoms with E-state index < -0.39 is 0 Å². The summed E-state index contributed by atoms with van der Waals surface area (Å²) in [5.74, 6) is 0.611. The molecule has 5 nitrogen and oxygen atoms in total. The van der Waals surface area contributed by atoms with Crippen molar-refractivity contribution in [3.63, 3.8) is 0 Å². The molecule has 0 aliphatic carbocycles. The fourth-order valence-electron chi connectivity index (χ4n) is 3.31. The number of ether oxygens (including phenoxy) is 1. The number of fused-ring (bicyclic) bond motifs is 1. The average Bonchev–Trinajstić information content (AvgIpc) is 2.78. The van der Waals surface area contributed by atoms with Gasteiger partial charge in [0.1, 0.15) is 5.75 Å². The lowest BCUT2D eigenvalue weighted by Gasteiger charge is -2.14. The summed E-state index contributed by atoms with van der Waals surface area (Å²) in [6.45, 7) is 0. The largest absolute Gasteiger partial charge is 0.497 e. The molecular formula is C25H23N3O2. The van der Waals surface area contributed by atoms with E-state index in [2.05, 4.69) is 5.32 Å². The number of methoxy groups -OCH3 is 1. The topological polar surface area (TPSA) is 54.5 Å². The number of rotatable bonds is 5. The molecule has 1 amide bonds. The second kappa shape index (κ2) is 8.25. The first-order valence-electron chi connectivity index (χ1n) is 9.68. The van der Waals surface area contributed by atoms with E-state index in [4.69, 9.17) is 9.72 Å². The Hall–Kier alpha value is -3.86. The van der Waals surface area contributed by atoms with E-state index in [1.165, 1.54) is 0 Å². The molecule has 4 aromatic rings. The molecule has 0 spiro atoms. The van der Waals surface area contributed by atoms with Crippen molar-refractivity contribution in [2.45, 2.75) is 0 Å². The lowest BCUT2D eigenvalue weighted by atomic mass is 10.0. The Morgan fingerprint density at radius 1 is 0.933 bits per heavy atom. The zero-order valence-electron chi connectivity index (χ0n) is 17.2. The molecule has 0 unspecified atom stereocenters. The second-order valence-electron chi connectivity index (χ2n) is 7.20. The van der Waals surface area contributed by atoms with Gasteiger partial charge in [0.15, 0.2) is 0 Å². The zero-order chi connectivity index (χ0) is 21.1. The van der Waals surface area contributed by atoms with Crippen molar-refractivity contribution >= 4 is 28.2 Å². The molecular weight excluding hydrogens is 374 g/mol. The van der Waals surface area contributed by atoms with Crippen molar-refractivity contribution in [1.82, 2.24) is 4.98 Å². The normalized spacial score (nSPS) is 10.6. The molecule has 30 heavy (non-hydrogen) atoms. The summed E-state index contributed by atoms with van der Waals surface area (Å²) in [6, 6.07) is 24.9. The van der Waals surface area contributed by atoms with E-state index in [0.29, 0.717) is 5.56 Å². The SMILES string of the molecule is COc1ccc(-c2cc(C(=O)Nc3ccc(N(C)C)cc3)c3ccccc3n2)cc1. The molecule has 1 N–H and O–H groups in total. The van der Waals surface area contributed by atoms with Crippen molar-refractivity contribution in [3.8, 4) is 17.0 Å². The lowest BCUT2D eigenvalue weighted by molar-refractivity contribution is 0.102. The highest BCUT2D eigenvalue weighted by atomic mass is 16.5. The number of carbonyl (C=O) groups excluding carboxylic acids is 1. The maximum Gasteiger partial charge on any atom is 0.256 e. The Labute approximate surface area is 175 Å². The van der Waals surface area contributed by atoms with Gasteiger partial charge in [0.05, 0.1) is 23.9 Å². The predicted molar refractivity (Wildman–Crippen MR) is 122 cm³/mol. The molecule has 0 fully saturated rings. The van der Waals surface area contributed by atoms with Gasteiger partial charge in [-0.3, -0.25) is 4.79 Å². The standard InChI is InChI=1S/C25H23N3O2/c1-28(2)19-12-10-18(11-13-19)26-25(29)22-16-24(17-8-14-20(30-3)15-9-17)27-23-7-5-4-6-21(22)23/h4-16H,1-3H3,(H,26,29). The number of anilines is 2. The summed E-state index contributed by atoms with van der Waals surface area (Å²) in [5.41, 5.74) is 4.85. The van der Waals surface area contributed by atoms with E-state index in [9.17, 15) is 4.79 Å². The third kappa shape index (κ3) is 3.96. The first kappa shape index (κ1) is 19.5. The molecule has 4 rings (SSSR count). The van der Waals surface area contributed by atoms with Crippen molar-refractivity contribution in [2.24, 2.45) is 0 Å². The molecule has 5 heteroatoms. The Balaban J connectivity index is 1.72. The number of hydrogen-bond donors (Lipinski definition) is 1. The molecule has 0 radical (unpaired) electrons. The van der Waals surface area contributed by atoms with E-state index in [-0.39, 0.29) is 5.91 Å². The van der Waals surface area contributed by atoms with Gasteiger partial charge in [-0.2, -0.15) is 0 Å². The number of para-hydroxylation sites is 1. The summed E-state index contributed by atoms with van der Waals surface area (Å²) < 4.78 is 5.24. The van der Waals surface area contributed by atoms with Crippen LogP contribution in [0.1, 0.15) is 10.4 Å². The van der Waals surface area contributed by atoms with Crippen LogP contribution in [0.5, 0.6) is 5.75 Å². The number of hydrogen-bond acceptors (Lipinski definition) is 4. The van der Waals surface area contributed by atoms with Gasteiger partial charge in [0.25, 0.3) is 5.91 Å². The van der Waals surface area contributed by atoms with E-state index in [0.717, 1.165) is 39.3 Å². The molecule has 0 aliphatic rings. The van der Waals surface area contributed by atoms with E-state index >= 15 is 0 Å². The van der Waals surface area contributed by atoms with Gasteiger partial charge in [-0.15, -0.1) is 0 Å². The fourth-order valence-corrected chi connectivity index (χ4v) is 3.31. The van der Waals surface area contributed by atoms with Crippen LogP contribution in [0.4, 0.5) is 11.4 Å². The lowest BCUT2D eigenvalue weighted by Crippen LogP contribution is -2.13. The molecule has 1 heterocycles. The van der Waals surface area contributed by atoms with Crippen LogP contribution < -0.4 is 15.0 Å². The van der Waals surface area contributed by atoms with Crippen molar-refractivity contribution < 1.29 is 9.53 Å². The van der Waals surface area contributed by atoms with Crippen LogP contribution in [-0.2, 0) is 0 Å². The van der Waals surface area contributed by atoms with Crippen LogP contribution in [-0.4, -0.2) is 32.1 Å². The van der Waals surface area contributed by atoms with Gasteiger partial charge < -0.3 is 15.0 Å². The number of nitrogens with one attached hydrogen (secondary N) is 1. The molecule has 0 aliphatic heterocycles. The minimum absolute atomic E-state index is 0.166. The highest BCUT2D eigenvalue weighted by molar-refractivity contribution is 6.13. The molecule has 150 valence electrons. The minimum atomic E-state index is -0.166. The summed E-state index contributed by atoms with van der Waals surface area (Å²) in [5, 5.41) is 3.83. The number of aromatic nitrogens is 1. The number of benzene rings is 3. The van der Waals surface area contributed by atoms with Crippen LogP contribution in [0, 0.1) is 0 Å².